The van der Waals surface area contributed by atoms with Crippen molar-refractivity contribution in [2.75, 3.05) is 32.8 Å². The van der Waals surface area contributed by atoms with Gasteiger partial charge in [-0.25, -0.2) is 4.39 Å². The van der Waals surface area contributed by atoms with E-state index >= 15 is 0 Å². The molecule has 2 fully saturated rings. The van der Waals surface area contributed by atoms with E-state index in [1.54, 1.807) is 12.1 Å². The minimum absolute atomic E-state index is 0.120. The van der Waals surface area contributed by atoms with Crippen molar-refractivity contribution < 1.29 is 18.7 Å². The van der Waals surface area contributed by atoms with Crippen LogP contribution in [0.15, 0.2) is 54.6 Å². The van der Waals surface area contributed by atoms with Gasteiger partial charge in [-0.2, -0.15) is 0 Å². The van der Waals surface area contributed by atoms with Crippen molar-refractivity contribution in [1.82, 2.24) is 9.80 Å². The second-order valence-corrected chi connectivity index (χ2v) is 10.1. The molecule has 0 bridgehead atoms. The number of amides is 2. The first-order valence-electron chi connectivity index (χ1n) is 13.0. The van der Waals surface area contributed by atoms with Crippen LogP contribution in [-0.2, 0) is 9.59 Å². The Kier molecular flexibility index (Phi) is 8.42. The van der Waals surface area contributed by atoms with Gasteiger partial charge >= 0.3 is 0 Å². The Morgan fingerprint density at radius 3 is 2.31 bits per heavy atom. The second kappa shape index (κ2) is 11.7. The van der Waals surface area contributed by atoms with Gasteiger partial charge in [0.25, 0.3) is 0 Å². The van der Waals surface area contributed by atoms with Gasteiger partial charge in [0.05, 0.1) is 12.5 Å². The zero-order valence-corrected chi connectivity index (χ0v) is 20.8. The average molecular weight is 481 g/mol. The van der Waals surface area contributed by atoms with Gasteiger partial charge in [-0.1, -0.05) is 37.3 Å². The topological polar surface area (TPSA) is 49.9 Å². The van der Waals surface area contributed by atoms with Gasteiger partial charge < -0.3 is 14.5 Å². The van der Waals surface area contributed by atoms with Gasteiger partial charge in [0, 0.05) is 38.0 Å². The fourth-order valence-electron chi connectivity index (χ4n) is 5.51. The van der Waals surface area contributed by atoms with E-state index in [2.05, 4.69) is 0 Å². The van der Waals surface area contributed by atoms with Crippen LogP contribution in [0.25, 0.3) is 0 Å². The largest absolute Gasteiger partial charge is 0.493 e. The average Bonchev–Trinajstić information content (AvgIpc) is 2.90. The molecule has 0 spiro atoms. The van der Waals surface area contributed by atoms with Crippen LogP contribution in [0.4, 0.5) is 4.39 Å². The summed E-state index contributed by atoms with van der Waals surface area (Å²) in [6.07, 6.45) is 6.00. The van der Waals surface area contributed by atoms with E-state index < -0.39 is 5.41 Å². The molecule has 2 atom stereocenters. The zero-order chi connectivity index (χ0) is 24.7. The predicted octanol–water partition coefficient (Wildman–Crippen LogP) is 5.41. The minimum Gasteiger partial charge on any atom is -0.493 e. The molecular weight excluding hydrogens is 443 g/mol. The Bertz CT molecular complexity index is 975. The number of rotatable bonds is 8. The van der Waals surface area contributed by atoms with Crippen LogP contribution in [0.1, 0.15) is 63.4 Å². The summed E-state index contributed by atoms with van der Waals surface area (Å²) in [4.78, 5) is 30.9. The Hall–Kier alpha value is -2.89. The molecule has 2 aliphatic heterocycles. The van der Waals surface area contributed by atoms with Gasteiger partial charge in [-0.3, -0.25) is 9.59 Å². The lowest BCUT2D eigenvalue weighted by Gasteiger charge is -2.44. The number of benzene rings is 2. The summed E-state index contributed by atoms with van der Waals surface area (Å²) >= 11 is 0. The van der Waals surface area contributed by atoms with E-state index in [-0.39, 0.29) is 23.5 Å². The number of nitrogens with zero attached hydrogens (tertiary/aromatic N) is 2. The summed E-state index contributed by atoms with van der Waals surface area (Å²) in [6, 6.07) is 15.9. The Labute approximate surface area is 208 Å². The van der Waals surface area contributed by atoms with E-state index in [9.17, 15) is 14.0 Å². The molecule has 4 rings (SSSR count). The first-order valence-corrected chi connectivity index (χ1v) is 13.0. The zero-order valence-electron chi connectivity index (χ0n) is 20.8. The predicted molar refractivity (Wildman–Crippen MR) is 135 cm³/mol. The molecule has 2 aliphatic rings. The maximum atomic E-state index is 13.7. The molecule has 188 valence electrons. The highest BCUT2D eigenvalue weighted by molar-refractivity contribution is 5.84. The van der Waals surface area contributed by atoms with Gasteiger partial charge in [0.2, 0.25) is 11.8 Å². The maximum absolute atomic E-state index is 13.7. The number of carbonyl (C=O) groups excluding carboxylic acids is 2. The fourth-order valence-corrected chi connectivity index (χ4v) is 5.51. The first kappa shape index (κ1) is 25.2. The third kappa shape index (κ3) is 6.41. The normalized spacial score (nSPS) is 21.4. The molecule has 2 aromatic rings. The number of ether oxygens (including phenoxy) is 1. The highest BCUT2D eigenvalue weighted by Gasteiger charge is 2.42. The van der Waals surface area contributed by atoms with Crippen molar-refractivity contribution in [2.45, 2.75) is 57.8 Å². The van der Waals surface area contributed by atoms with E-state index in [4.69, 9.17) is 4.74 Å². The summed E-state index contributed by atoms with van der Waals surface area (Å²) in [5, 5.41) is 0. The van der Waals surface area contributed by atoms with Crippen LogP contribution in [0.3, 0.4) is 0 Å². The number of carbonyl (C=O) groups is 2. The molecule has 0 aromatic heterocycles. The lowest BCUT2D eigenvalue weighted by atomic mass is 9.76. The monoisotopic (exact) mass is 480 g/mol. The van der Waals surface area contributed by atoms with Crippen LogP contribution in [0, 0.1) is 11.2 Å². The lowest BCUT2D eigenvalue weighted by Crippen LogP contribution is -2.52. The number of likely N-dealkylation sites (tertiary alicyclic amines) is 2. The van der Waals surface area contributed by atoms with Crippen LogP contribution < -0.4 is 4.74 Å². The van der Waals surface area contributed by atoms with Crippen LogP contribution in [-0.4, -0.2) is 54.4 Å². The molecule has 0 N–H and O–H groups in total. The van der Waals surface area contributed by atoms with Crippen molar-refractivity contribution in [1.29, 1.82) is 0 Å². The minimum atomic E-state index is -0.466. The standard InChI is InChI=1S/C29H37FN2O3/c1-2-26(23-10-5-3-6-11-23)28(34)32-19-9-16-29(21-32,20-27(33)31-17-7-4-8-18-31)22-35-25-14-12-24(30)13-15-25/h3,5-6,10-15,26H,2,4,7-9,16-22H2,1H3/t26-,29-/m1/s1. The van der Waals surface area contributed by atoms with E-state index in [0.29, 0.717) is 31.9 Å². The van der Waals surface area contributed by atoms with Crippen LogP contribution in [0.2, 0.25) is 0 Å². The second-order valence-electron chi connectivity index (χ2n) is 10.1. The van der Waals surface area contributed by atoms with E-state index in [1.165, 1.54) is 18.6 Å². The third-order valence-corrected chi connectivity index (χ3v) is 7.48. The van der Waals surface area contributed by atoms with Gasteiger partial charge in [-0.15, -0.1) is 0 Å². The van der Waals surface area contributed by atoms with Gasteiger partial charge in [-0.05, 0) is 68.4 Å². The van der Waals surface area contributed by atoms with Crippen molar-refractivity contribution in [2.24, 2.45) is 5.41 Å². The number of halogens is 1. The molecule has 2 saturated heterocycles. The number of hydrogen-bond donors (Lipinski definition) is 0. The molecular formula is C29H37FN2O3. The smallest absolute Gasteiger partial charge is 0.230 e. The highest BCUT2D eigenvalue weighted by Crippen LogP contribution is 2.37. The SMILES string of the molecule is CC[C@@H](C(=O)N1CCC[C@@](COc2ccc(F)cc2)(CC(=O)N2CCCCC2)C1)c1ccccc1. The molecule has 0 radical (unpaired) electrons. The molecule has 0 unspecified atom stereocenters. The molecule has 5 nitrogen and oxygen atoms in total. The van der Waals surface area contributed by atoms with Gasteiger partial charge in [0.1, 0.15) is 11.6 Å². The molecule has 2 aromatic carbocycles. The summed E-state index contributed by atoms with van der Waals surface area (Å²) < 4.78 is 19.5. The molecule has 6 heteroatoms. The van der Waals surface area contributed by atoms with Gasteiger partial charge in [0.15, 0.2) is 0 Å². The lowest BCUT2D eigenvalue weighted by molar-refractivity contribution is -0.143. The molecule has 2 amide bonds. The highest BCUT2D eigenvalue weighted by atomic mass is 19.1. The summed E-state index contributed by atoms with van der Waals surface area (Å²) in [6.45, 7) is 5.17. The van der Waals surface area contributed by atoms with Crippen LogP contribution in [0.5, 0.6) is 5.75 Å². The van der Waals surface area contributed by atoms with Crippen LogP contribution >= 0.6 is 0 Å². The Balaban J connectivity index is 1.53. The molecule has 0 saturated carbocycles. The summed E-state index contributed by atoms with van der Waals surface area (Å²) in [5.41, 5.74) is 0.564. The summed E-state index contributed by atoms with van der Waals surface area (Å²) in [5.74, 6) is 0.346. The quantitative estimate of drug-likeness (QED) is 0.508. The Morgan fingerprint density at radius 2 is 1.63 bits per heavy atom. The van der Waals surface area contributed by atoms with Crippen molar-refractivity contribution >= 4 is 11.8 Å². The first-order chi connectivity index (χ1) is 17.0. The van der Waals surface area contributed by atoms with E-state index in [0.717, 1.165) is 50.8 Å². The Morgan fingerprint density at radius 1 is 0.943 bits per heavy atom. The third-order valence-electron chi connectivity index (χ3n) is 7.48. The maximum Gasteiger partial charge on any atom is 0.230 e. The molecule has 0 aliphatic carbocycles. The van der Waals surface area contributed by atoms with Crippen molar-refractivity contribution in [3.63, 3.8) is 0 Å². The van der Waals surface area contributed by atoms with E-state index in [1.807, 2.05) is 47.1 Å². The van der Waals surface area contributed by atoms with Crippen molar-refractivity contribution in [3.8, 4) is 5.75 Å². The molecule has 35 heavy (non-hydrogen) atoms. The number of piperidine rings is 2. The summed E-state index contributed by atoms with van der Waals surface area (Å²) in [7, 11) is 0. The molecule has 2 heterocycles. The van der Waals surface area contributed by atoms with Crippen molar-refractivity contribution in [3.05, 3.63) is 66.0 Å². The fraction of sp³-hybridized carbons (Fsp3) is 0.517. The number of hydrogen-bond acceptors (Lipinski definition) is 3.